The monoisotopic (exact) mass is 396 g/mol. The summed E-state index contributed by atoms with van der Waals surface area (Å²) in [6, 6.07) is 0. The highest BCUT2D eigenvalue weighted by Gasteiger charge is 2.24. The molecule has 0 aromatic rings. The first kappa shape index (κ1) is 26.0. The van der Waals surface area contributed by atoms with Crippen molar-refractivity contribution in [3.05, 3.63) is 0 Å². The molecule has 0 bridgehead atoms. The van der Waals surface area contributed by atoms with E-state index in [1.165, 1.54) is 7.11 Å². The third kappa shape index (κ3) is 13.2. The molecule has 0 heterocycles. The average Bonchev–Trinajstić information content (AvgIpc) is 2.65. The van der Waals surface area contributed by atoms with Crippen molar-refractivity contribution >= 4 is 7.82 Å². The van der Waals surface area contributed by atoms with Gasteiger partial charge in [0.05, 0.1) is 26.4 Å². The second-order valence-corrected chi connectivity index (χ2v) is 8.35. The molecule has 0 amide bonds. The molecule has 0 rings (SSSR count). The Labute approximate surface area is 160 Å². The van der Waals surface area contributed by atoms with Gasteiger partial charge >= 0.3 is 7.82 Å². The van der Waals surface area contributed by atoms with Crippen molar-refractivity contribution in [2.24, 2.45) is 11.8 Å². The van der Waals surface area contributed by atoms with Gasteiger partial charge in [0.25, 0.3) is 0 Å². The highest BCUT2D eigenvalue weighted by molar-refractivity contribution is 7.48. The Morgan fingerprint density at radius 2 is 1.15 bits per heavy atom. The van der Waals surface area contributed by atoms with E-state index in [-0.39, 0.29) is 13.2 Å². The second kappa shape index (κ2) is 17.2. The van der Waals surface area contributed by atoms with Gasteiger partial charge in [-0.3, -0.25) is 13.6 Å². The zero-order valence-electron chi connectivity index (χ0n) is 17.5. The quantitative estimate of drug-likeness (QED) is 0.213. The van der Waals surface area contributed by atoms with Crippen LogP contribution in [-0.2, 0) is 27.6 Å². The third-order valence-corrected chi connectivity index (χ3v) is 5.88. The third-order valence-electron chi connectivity index (χ3n) is 4.43. The molecule has 2 atom stereocenters. The van der Waals surface area contributed by atoms with E-state index in [9.17, 15) is 4.57 Å². The summed E-state index contributed by atoms with van der Waals surface area (Å²) in [7, 11) is -2.20. The highest BCUT2D eigenvalue weighted by atomic mass is 31.2. The van der Waals surface area contributed by atoms with Gasteiger partial charge in [-0.2, -0.15) is 0 Å². The van der Waals surface area contributed by atoms with Crippen molar-refractivity contribution in [3.63, 3.8) is 0 Å². The van der Waals surface area contributed by atoms with Gasteiger partial charge in [0.2, 0.25) is 0 Å². The lowest BCUT2D eigenvalue weighted by molar-refractivity contribution is 0.0360. The Morgan fingerprint density at radius 3 is 1.46 bits per heavy atom. The van der Waals surface area contributed by atoms with Crippen LogP contribution in [0.25, 0.3) is 0 Å². The summed E-state index contributed by atoms with van der Waals surface area (Å²) in [4.78, 5) is 0. The summed E-state index contributed by atoms with van der Waals surface area (Å²) < 4.78 is 39.0. The Kier molecular flexibility index (Phi) is 17.2. The van der Waals surface area contributed by atoms with Crippen LogP contribution in [0.1, 0.15) is 66.2 Å². The SMILES string of the molecule is CCCC(CC)COCCOP(=O)(OC)OCCOCC(CC)CCC. The van der Waals surface area contributed by atoms with Gasteiger partial charge in [0.15, 0.2) is 0 Å². The van der Waals surface area contributed by atoms with Crippen LogP contribution in [-0.4, -0.2) is 46.8 Å². The van der Waals surface area contributed by atoms with Crippen molar-refractivity contribution < 1.29 is 27.6 Å². The molecule has 6 nitrogen and oxygen atoms in total. The summed E-state index contributed by atoms with van der Waals surface area (Å²) in [5.41, 5.74) is 0. The maximum absolute atomic E-state index is 12.3. The summed E-state index contributed by atoms with van der Waals surface area (Å²) in [6.07, 6.45) is 6.84. The molecule has 0 radical (unpaired) electrons. The van der Waals surface area contributed by atoms with E-state index in [2.05, 4.69) is 27.7 Å². The van der Waals surface area contributed by atoms with Crippen molar-refractivity contribution in [1.82, 2.24) is 0 Å². The van der Waals surface area contributed by atoms with Crippen LogP contribution in [0.3, 0.4) is 0 Å². The maximum atomic E-state index is 12.3. The fourth-order valence-electron chi connectivity index (χ4n) is 2.69. The summed E-state index contributed by atoms with van der Waals surface area (Å²) >= 11 is 0. The number of phosphoric ester groups is 1. The summed E-state index contributed by atoms with van der Waals surface area (Å²) in [6.45, 7) is 11.2. The minimum absolute atomic E-state index is 0.183. The fraction of sp³-hybridized carbons (Fsp3) is 1.00. The Hall–Kier alpha value is 0.0300. The van der Waals surface area contributed by atoms with Crippen molar-refractivity contribution in [2.45, 2.75) is 66.2 Å². The molecule has 0 aromatic carbocycles. The summed E-state index contributed by atoms with van der Waals surface area (Å²) in [5.74, 6) is 1.14. The van der Waals surface area contributed by atoms with Gasteiger partial charge in [0, 0.05) is 20.3 Å². The van der Waals surface area contributed by atoms with Crippen LogP contribution in [0, 0.1) is 11.8 Å². The molecule has 0 aliphatic rings. The van der Waals surface area contributed by atoms with Gasteiger partial charge in [-0.15, -0.1) is 0 Å². The van der Waals surface area contributed by atoms with Crippen LogP contribution in [0.2, 0.25) is 0 Å². The van der Waals surface area contributed by atoms with Gasteiger partial charge in [0.1, 0.15) is 0 Å². The van der Waals surface area contributed by atoms with Crippen LogP contribution in [0.15, 0.2) is 0 Å². The van der Waals surface area contributed by atoms with Crippen molar-refractivity contribution in [3.8, 4) is 0 Å². The Balaban J connectivity index is 3.86. The van der Waals surface area contributed by atoms with Gasteiger partial charge in [-0.05, 0) is 24.7 Å². The number of hydrogen-bond donors (Lipinski definition) is 0. The molecular weight excluding hydrogens is 355 g/mol. The minimum atomic E-state index is -3.53. The molecular formula is C19H41O6P. The zero-order valence-corrected chi connectivity index (χ0v) is 18.4. The topological polar surface area (TPSA) is 63.2 Å². The van der Waals surface area contributed by atoms with E-state index in [1.54, 1.807) is 0 Å². The van der Waals surface area contributed by atoms with Gasteiger partial charge in [-0.1, -0.05) is 53.4 Å². The van der Waals surface area contributed by atoms with Crippen LogP contribution in [0.4, 0.5) is 0 Å². The lowest BCUT2D eigenvalue weighted by Crippen LogP contribution is -2.14. The van der Waals surface area contributed by atoms with Crippen LogP contribution in [0.5, 0.6) is 0 Å². The lowest BCUT2D eigenvalue weighted by Gasteiger charge is -2.18. The molecule has 0 N–H and O–H groups in total. The van der Waals surface area contributed by atoms with Crippen molar-refractivity contribution in [1.29, 1.82) is 0 Å². The molecule has 2 unspecified atom stereocenters. The highest BCUT2D eigenvalue weighted by Crippen LogP contribution is 2.48. The first-order valence-electron chi connectivity index (χ1n) is 10.1. The summed E-state index contributed by atoms with van der Waals surface area (Å²) in [5, 5.41) is 0. The second-order valence-electron chi connectivity index (χ2n) is 6.57. The van der Waals surface area contributed by atoms with Crippen LogP contribution >= 0.6 is 7.82 Å². The smallest absolute Gasteiger partial charge is 0.379 e. The predicted molar refractivity (Wildman–Crippen MR) is 106 cm³/mol. The standard InChI is InChI=1S/C19H41O6P/c1-6-10-18(8-3)16-22-12-14-24-26(20,21-5)25-15-13-23-17-19(9-4)11-7-2/h18-19H,6-17H2,1-5H3. The Morgan fingerprint density at radius 1 is 0.731 bits per heavy atom. The van der Waals surface area contributed by atoms with E-state index < -0.39 is 7.82 Å². The maximum Gasteiger partial charge on any atom is 0.474 e. The molecule has 0 aliphatic heterocycles. The fourth-order valence-corrected chi connectivity index (χ4v) is 3.57. The van der Waals surface area contributed by atoms with Gasteiger partial charge < -0.3 is 9.47 Å². The minimum Gasteiger partial charge on any atom is -0.379 e. The number of rotatable bonds is 19. The molecule has 0 saturated carbocycles. The zero-order chi connectivity index (χ0) is 19.7. The molecule has 158 valence electrons. The van der Waals surface area contributed by atoms with Gasteiger partial charge in [-0.25, -0.2) is 4.57 Å². The average molecular weight is 397 g/mol. The number of hydrogen-bond acceptors (Lipinski definition) is 6. The first-order valence-corrected chi connectivity index (χ1v) is 11.6. The molecule has 7 heteroatoms. The molecule has 0 saturated heterocycles. The van der Waals surface area contributed by atoms with E-state index in [1.807, 2.05) is 0 Å². The normalized spacial score (nSPS) is 16.3. The number of phosphoric acid groups is 1. The molecule has 26 heavy (non-hydrogen) atoms. The largest absolute Gasteiger partial charge is 0.474 e. The molecule has 0 aromatic heterocycles. The van der Waals surface area contributed by atoms with Crippen molar-refractivity contribution in [2.75, 3.05) is 46.8 Å². The van der Waals surface area contributed by atoms with E-state index in [0.29, 0.717) is 38.3 Å². The van der Waals surface area contributed by atoms with Crippen LogP contribution < -0.4 is 0 Å². The number of ether oxygens (including phenoxy) is 2. The molecule has 0 fully saturated rings. The van der Waals surface area contributed by atoms with E-state index in [0.717, 1.165) is 38.5 Å². The Bertz CT molecular complexity index is 325. The predicted octanol–water partition coefficient (Wildman–Crippen LogP) is 5.46. The van der Waals surface area contributed by atoms with E-state index in [4.69, 9.17) is 23.0 Å². The van der Waals surface area contributed by atoms with E-state index >= 15 is 0 Å². The molecule has 0 aliphatic carbocycles. The molecule has 0 spiro atoms. The lowest BCUT2D eigenvalue weighted by atomic mass is 10.0. The first-order chi connectivity index (χ1) is 12.5.